The predicted octanol–water partition coefficient (Wildman–Crippen LogP) is 2.23. The zero-order valence-corrected chi connectivity index (χ0v) is 10.9. The molecule has 0 bridgehead atoms. The van der Waals surface area contributed by atoms with E-state index >= 15 is 0 Å². The number of ether oxygens (including phenoxy) is 1. The van der Waals surface area contributed by atoms with E-state index in [1.807, 2.05) is 24.3 Å². The van der Waals surface area contributed by atoms with Crippen LogP contribution in [0.2, 0.25) is 0 Å². The van der Waals surface area contributed by atoms with Crippen LogP contribution in [-0.2, 0) is 4.79 Å². The standard InChI is InChI=1S/C14H17N3O2/c1-2-3-10-19-13-7-5-4-6-12(13)11-16-17-14(18)8-9-15/h4-7,11H,2-3,8,10H2,1H3,(H,17,18)/b16-11+. The van der Waals surface area contributed by atoms with Gasteiger partial charge in [-0.3, -0.25) is 4.79 Å². The molecule has 1 amide bonds. The van der Waals surface area contributed by atoms with Crippen LogP contribution in [0, 0.1) is 11.3 Å². The second-order valence-corrected chi connectivity index (χ2v) is 3.87. The van der Waals surface area contributed by atoms with Gasteiger partial charge in [0.05, 0.1) is 18.9 Å². The minimum absolute atomic E-state index is 0.202. The van der Waals surface area contributed by atoms with Gasteiger partial charge >= 0.3 is 0 Å². The van der Waals surface area contributed by atoms with Crippen LogP contribution >= 0.6 is 0 Å². The highest BCUT2D eigenvalue weighted by atomic mass is 16.5. The van der Waals surface area contributed by atoms with Gasteiger partial charge in [-0.1, -0.05) is 25.5 Å². The van der Waals surface area contributed by atoms with Crippen LogP contribution in [0.5, 0.6) is 5.75 Å². The Balaban J connectivity index is 2.59. The summed E-state index contributed by atoms with van der Waals surface area (Å²) in [5, 5.41) is 12.1. The van der Waals surface area contributed by atoms with Gasteiger partial charge in [0.15, 0.2) is 0 Å². The first-order chi connectivity index (χ1) is 9.27. The maximum absolute atomic E-state index is 11.1. The maximum Gasteiger partial charge on any atom is 0.254 e. The highest BCUT2D eigenvalue weighted by Gasteiger charge is 2.00. The minimum Gasteiger partial charge on any atom is -0.493 e. The van der Waals surface area contributed by atoms with Crippen molar-refractivity contribution in [1.82, 2.24) is 5.43 Å². The van der Waals surface area contributed by atoms with Gasteiger partial charge in [0, 0.05) is 5.56 Å². The molecule has 5 heteroatoms. The van der Waals surface area contributed by atoms with E-state index in [0.29, 0.717) is 6.61 Å². The molecule has 0 aliphatic carbocycles. The summed E-state index contributed by atoms with van der Waals surface area (Å²) >= 11 is 0. The molecule has 100 valence electrons. The summed E-state index contributed by atoms with van der Waals surface area (Å²) in [4.78, 5) is 11.1. The van der Waals surface area contributed by atoms with Crippen molar-refractivity contribution in [2.45, 2.75) is 26.2 Å². The molecule has 0 aromatic heterocycles. The number of hydrazone groups is 1. The third kappa shape index (κ3) is 5.68. The van der Waals surface area contributed by atoms with Crippen molar-refractivity contribution in [3.8, 4) is 11.8 Å². The largest absolute Gasteiger partial charge is 0.493 e. The Morgan fingerprint density at radius 1 is 1.53 bits per heavy atom. The molecule has 0 radical (unpaired) electrons. The number of nitrogens with zero attached hydrogens (tertiary/aromatic N) is 2. The van der Waals surface area contributed by atoms with Crippen LogP contribution < -0.4 is 10.2 Å². The van der Waals surface area contributed by atoms with Crippen molar-refractivity contribution in [3.63, 3.8) is 0 Å². The molecule has 5 nitrogen and oxygen atoms in total. The maximum atomic E-state index is 11.1. The van der Waals surface area contributed by atoms with E-state index in [0.717, 1.165) is 24.2 Å². The molecule has 0 unspecified atom stereocenters. The summed E-state index contributed by atoms with van der Waals surface area (Å²) in [6.45, 7) is 2.75. The van der Waals surface area contributed by atoms with Crippen molar-refractivity contribution < 1.29 is 9.53 Å². The van der Waals surface area contributed by atoms with Crippen molar-refractivity contribution in [2.75, 3.05) is 6.61 Å². The molecule has 0 atom stereocenters. The molecule has 1 rings (SSSR count). The number of unbranched alkanes of at least 4 members (excludes halogenated alkanes) is 1. The number of nitriles is 1. The Kier molecular flexibility index (Phi) is 6.73. The summed E-state index contributed by atoms with van der Waals surface area (Å²) in [6, 6.07) is 9.20. The van der Waals surface area contributed by atoms with E-state index in [2.05, 4.69) is 17.5 Å². The first kappa shape index (κ1) is 14.7. The molecule has 1 aromatic rings. The van der Waals surface area contributed by atoms with E-state index in [-0.39, 0.29) is 6.42 Å². The van der Waals surface area contributed by atoms with Crippen molar-refractivity contribution >= 4 is 12.1 Å². The lowest BCUT2D eigenvalue weighted by Crippen LogP contribution is -2.16. The van der Waals surface area contributed by atoms with Crippen LogP contribution in [0.4, 0.5) is 0 Å². The fourth-order valence-corrected chi connectivity index (χ4v) is 1.33. The molecular formula is C14H17N3O2. The number of hydrogen-bond acceptors (Lipinski definition) is 4. The predicted molar refractivity (Wildman–Crippen MR) is 72.8 cm³/mol. The average Bonchev–Trinajstić information content (AvgIpc) is 2.41. The molecule has 0 aliphatic rings. The summed E-state index contributed by atoms with van der Waals surface area (Å²) < 4.78 is 5.63. The quantitative estimate of drug-likeness (QED) is 0.463. The Morgan fingerprint density at radius 2 is 2.32 bits per heavy atom. The Bertz CT molecular complexity index is 478. The fourth-order valence-electron chi connectivity index (χ4n) is 1.33. The van der Waals surface area contributed by atoms with Gasteiger partial charge in [0.2, 0.25) is 0 Å². The molecule has 0 heterocycles. The van der Waals surface area contributed by atoms with Gasteiger partial charge in [-0.15, -0.1) is 0 Å². The van der Waals surface area contributed by atoms with Crippen LogP contribution in [0.15, 0.2) is 29.4 Å². The lowest BCUT2D eigenvalue weighted by Gasteiger charge is -2.07. The van der Waals surface area contributed by atoms with Crippen molar-refractivity contribution in [2.24, 2.45) is 5.10 Å². The third-order valence-corrected chi connectivity index (χ3v) is 2.31. The van der Waals surface area contributed by atoms with Crippen LogP contribution in [0.3, 0.4) is 0 Å². The first-order valence-electron chi connectivity index (χ1n) is 6.18. The number of carbonyl (C=O) groups is 1. The second kappa shape index (κ2) is 8.70. The van der Waals surface area contributed by atoms with Crippen LogP contribution in [0.25, 0.3) is 0 Å². The van der Waals surface area contributed by atoms with Crippen molar-refractivity contribution in [1.29, 1.82) is 5.26 Å². The topological polar surface area (TPSA) is 74.5 Å². The fraction of sp³-hybridized carbons (Fsp3) is 0.357. The number of rotatable bonds is 7. The molecule has 1 N–H and O–H groups in total. The van der Waals surface area contributed by atoms with Crippen molar-refractivity contribution in [3.05, 3.63) is 29.8 Å². The minimum atomic E-state index is -0.428. The van der Waals surface area contributed by atoms with Gasteiger partial charge < -0.3 is 4.74 Å². The lowest BCUT2D eigenvalue weighted by molar-refractivity contribution is -0.120. The second-order valence-electron chi connectivity index (χ2n) is 3.87. The Morgan fingerprint density at radius 3 is 3.05 bits per heavy atom. The Labute approximate surface area is 112 Å². The number of para-hydroxylation sites is 1. The molecular weight excluding hydrogens is 242 g/mol. The van der Waals surface area contributed by atoms with Gasteiger partial charge in [-0.2, -0.15) is 10.4 Å². The summed E-state index contributed by atoms with van der Waals surface area (Å²) in [7, 11) is 0. The van der Waals surface area contributed by atoms with E-state index in [4.69, 9.17) is 10.00 Å². The Hall–Kier alpha value is -2.35. The molecule has 0 fully saturated rings. The molecule has 19 heavy (non-hydrogen) atoms. The SMILES string of the molecule is CCCCOc1ccccc1/C=N/NC(=O)CC#N. The van der Waals surface area contributed by atoms with Gasteiger partial charge in [0.25, 0.3) is 5.91 Å². The molecule has 0 spiro atoms. The normalized spacial score (nSPS) is 10.1. The van der Waals surface area contributed by atoms with E-state index in [1.165, 1.54) is 6.21 Å². The number of hydrogen-bond donors (Lipinski definition) is 1. The average molecular weight is 259 g/mol. The van der Waals surface area contributed by atoms with E-state index in [9.17, 15) is 4.79 Å². The smallest absolute Gasteiger partial charge is 0.254 e. The first-order valence-corrected chi connectivity index (χ1v) is 6.18. The van der Waals surface area contributed by atoms with Gasteiger partial charge in [0.1, 0.15) is 12.2 Å². The molecule has 1 aromatic carbocycles. The molecule has 0 aliphatic heterocycles. The van der Waals surface area contributed by atoms with E-state index < -0.39 is 5.91 Å². The van der Waals surface area contributed by atoms with Crippen LogP contribution in [-0.4, -0.2) is 18.7 Å². The van der Waals surface area contributed by atoms with Gasteiger partial charge in [-0.25, -0.2) is 5.43 Å². The number of benzene rings is 1. The highest BCUT2D eigenvalue weighted by molar-refractivity contribution is 5.85. The number of amides is 1. The molecule has 0 saturated carbocycles. The van der Waals surface area contributed by atoms with Gasteiger partial charge in [-0.05, 0) is 18.6 Å². The zero-order chi connectivity index (χ0) is 13.9. The lowest BCUT2D eigenvalue weighted by atomic mass is 10.2. The monoisotopic (exact) mass is 259 g/mol. The number of carbonyl (C=O) groups excluding carboxylic acids is 1. The van der Waals surface area contributed by atoms with E-state index in [1.54, 1.807) is 6.07 Å². The zero-order valence-electron chi connectivity index (χ0n) is 10.9. The molecule has 0 saturated heterocycles. The third-order valence-electron chi connectivity index (χ3n) is 2.31. The summed E-state index contributed by atoms with van der Waals surface area (Å²) in [5.74, 6) is 0.303. The summed E-state index contributed by atoms with van der Waals surface area (Å²) in [5.41, 5.74) is 3.07. The summed E-state index contributed by atoms with van der Waals surface area (Å²) in [6.07, 6.45) is 3.37. The highest BCUT2D eigenvalue weighted by Crippen LogP contribution is 2.16. The number of nitrogens with one attached hydrogen (secondary N) is 1. The van der Waals surface area contributed by atoms with Crippen LogP contribution in [0.1, 0.15) is 31.7 Å².